The van der Waals surface area contributed by atoms with Gasteiger partial charge < -0.3 is 20.7 Å². The lowest BCUT2D eigenvalue weighted by atomic mass is 9.80. The number of benzene rings is 1. The molecule has 0 spiro atoms. The molecule has 0 saturated heterocycles. The molecule has 1 unspecified atom stereocenters. The summed E-state index contributed by atoms with van der Waals surface area (Å²) in [5.74, 6) is -0.342. The molecule has 1 heterocycles. The first kappa shape index (κ1) is 26.6. The molecule has 0 radical (unpaired) electrons. The summed E-state index contributed by atoms with van der Waals surface area (Å²) in [5.41, 5.74) is 4.68. The maximum absolute atomic E-state index is 12.7. The molecule has 0 bridgehead atoms. The van der Waals surface area contributed by atoms with Crippen molar-refractivity contribution >= 4 is 5.96 Å². The average molecular weight is 506 g/mol. The number of guanidine groups is 1. The van der Waals surface area contributed by atoms with E-state index in [2.05, 4.69) is 25.7 Å². The van der Waals surface area contributed by atoms with Crippen molar-refractivity contribution in [2.24, 2.45) is 16.6 Å². The number of nitro groups is 1. The molecule has 1 saturated carbocycles. The Morgan fingerprint density at radius 3 is 2.57 bits per heavy atom. The molecule has 1 aliphatic heterocycles. The molecule has 35 heavy (non-hydrogen) atoms. The monoisotopic (exact) mass is 506 g/mol. The molecule has 1 aliphatic carbocycles. The Kier molecular flexibility index (Phi) is 8.48. The minimum absolute atomic E-state index is 0.000659. The van der Waals surface area contributed by atoms with Crippen LogP contribution in [0.5, 0.6) is 5.75 Å². The summed E-state index contributed by atoms with van der Waals surface area (Å²) in [7, 11) is 0. The van der Waals surface area contributed by atoms with Crippen molar-refractivity contribution in [1.82, 2.24) is 16.0 Å². The van der Waals surface area contributed by atoms with Crippen LogP contribution < -0.4 is 26.4 Å². The Balaban J connectivity index is 1.68. The summed E-state index contributed by atoms with van der Waals surface area (Å²) < 4.78 is 66.8. The highest BCUT2D eigenvalue weighted by Crippen LogP contribution is 2.33. The van der Waals surface area contributed by atoms with Gasteiger partial charge in [-0.2, -0.15) is 0 Å². The van der Waals surface area contributed by atoms with Crippen LogP contribution in [0, 0.1) is 16.0 Å². The first-order valence-corrected chi connectivity index (χ1v) is 11.0. The van der Waals surface area contributed by atoms with Gasteiger partial charge in [0.05, 0.1) is 24.2 Å². The van der Waals surface area contributed by atoms with Crippen LogP contribution in [-0.4, -0.2) is 41.9 Å². The van der Waals surface area contributed by atoms with Gasteiger partial charge in [0.15, 0.2) is 11.6 Å². The third kappa shape index (κ3) is 7.75. The first-order chi connectivity index (χ1) is 16.4. The molecule has 1 aromatic rings. The van der Waals surface area contributed by atoms with E-state index in [1.807, 2.05) is 0 Å². The zero-order chi connectivity index (χ0) is 25.6. The van der Waals surface area contributed by atoms with Gasteiger partial charge in [0.1, 0.15) is 5.75 Å². The van der Waals surface area contributed by atoms with E-state index in [1.165, 1.54) is 18.2 Å². The van der Waals surface area contributed by atoms with Crippen molar-refractivity contribution in [1.29, 1.82) is 0 Å². The molecular weight excluding hydrogens is 479 g/mol. The SMILES string of the molecule is NC1(CC2CCC(NCC(F)F)CC2)NC(=NCc2ccccc2OC(F)(F)F)NC=C1[N+](=O)[O-]. The van der Waals surface area contributed by atoms with Gasteiger partial charge in [-0.1, -0.05) is 18.2 Å². The second-order valence-corrected chi connectivity index (χ2v) is 8.57. The van der Waals surface area contributed by atoms with Crippen LogP contribution in [0.25, 0.3) is 0 Å². The van der Waals surface area contributed by atoms with E-state index in [0.29, 0.717) is 25.7 Å². The zero-order valence-electron chi connectivity index (χ0n) is 18.7. The maximum Gasteiger partial charge on any atom is 0.573 e. The van der Waals surface area contributed by atoms with Crippen molar-refractivity contribution in [2.45, 2.75) is 63.1 Å². The number of halogens is 5. The number of hydrogen-bond acceptors (Lipinski definition) is 6. The van der Waals surface area contributed by atoms with Crippen LogP contribution in [0.3, 0.4) is 0 Å². The molecule has 14 heteroatoms. The van der Waals surface area contributed by atoms with Crippen molar-refractivity contribution in [3.63, 3.8) is 0 Å². The highest BCUT2D eigenvalue weighted by Gasteiger charge is 2.44. The number of alkyl halides is 5. The maximum atomic E-state index is 12.7. The standard InChI is InChI=1S/C21H27F5N6O3/c22-18(23)12-28-15-7-5-13(6-8-15)9-20(27)17(32(33)34)11-30-19(31-20)29-10-14-3-1-2-4-16(14)35-21(24,25)26/h1-4,11,13,15,18,28H,5-10,12,27H2,(H2,29,30,31). The smallest absolute Gasteiger partial charge is 0.405 e. The van der Waals surface area contributed by atoms with Crippen molar-refractivity contribution in [2.75, 3.05) is 6.54 Å². The largest absolute Gasteiger partial charge is 0.573 e. The average Bonchev–Trinajstić information content (AvgIpc) is 2.76. The fraction of sp³-hybridized carbons (Fsp3) is 0.571. The van der Waals surface area contributed by atoms with Crippen LogP contribution in [0.2, 0.25) is 0 Å². The van der Waals surface area contributed by atoms with E-state index in [4.69, 9.17) is 5.73 Å². The van der Waals surface area contributed by atoms with Gasteiger partial charge in [0.25, 0.3) is 6.43 Å². The van der Waals surface area contributed by atoms with E-state index in [0.717, 1.165) is 12.3 Å². The lowest BCUT2D eigenvalue weighted by Crippen LogP contribution is -2.64. The molecule has 1 fully saturated rings. The summed E-state index contributed by atoms with van der Waals surface area (Å²) in [5, 5.41) is 19.9. The second kappa shape index (κ2) is 11.2. The number of para-hydroxylation sites is 1. The number of rotatable bonds is 9. The van der Waals surface area contributed by atoms with E-state index in [1.54, 1.807) is 0 Å². The quantitative estimate of drug-likeness (QED) is 0.230. The molecule has 5 N–H and O–H groups in total. The molecular formula is C21H27F5N6O3. The van der Waals surface area contributed by atoms with Crippen molar-refractivity contribution in [3.8, 4) is 5.75 Å². The van der Waals surface area contributed by atoms with Gasteiger partial charge in [-0.05, 0) is 44.1 Å². The highest BCUT2D eigenvalue weighted by molar-refractivity contribution is 5.83. The van der Waals surface area contributed by atoms with Crippen LogP contribution in [0.15, 0.2) is 41.2 Å². The Hall–Kier alpha value is -3.00. The van der Waals surface area contributed by atoms with Crippen LogP contribution >= 0.6 is 0 Å². The molecule has 0 aromatic heterocycles. The van der Waals surface area contributed by atoms with Gasteiger partial charge in [-0.25, -0.2) is 13.8 Å². The summed E-state index contributed by atoms with van der Waals surface area (Å²) in [6.45, 7) is -0.589. The Morgan fingerprint density at radius 2 is 1.94 bits per heavy atom. The molecule has 2 aliphatic rings. The van der Waals surface area contributed by atoms with Crippen LogP contribution in [-0.2, 0) is 6.54 Å². The fourth-order valence-corrected chi connectivity index (χ4v) is 4.34. The van der Waals surface area contributed by atoms with Gasteiger partial charge >= 0.3 is 12.1 Å². The predicted octanol–water partition coefficient (Wildman–Crippen LogP) is 3.21. The molecule has 3 rings (SSSR count). The number of aliphatic imine (C=N–C) groups is 1. The van der Waals surface area contributed by atoms with Gasteiger partial charge in [0.2, 0.25) is 0 Å². The lowest BCUT2D eigenvalue weighted by Gasteiger charge is -2.37. The summed E-state index contributed by atoms with van der Waals surface area (Å²) in [6, 6.07) is 5.46. The Bertz CT molecular complexity index is 950. The Morgan fingerprint density at radius 1 is 1.26 bits per heavy atom. The van der Waals surface area contributed by atoms with Crippen LogP contribution in [0.1, 0.15) is 37.7 Å². The first-order valence-electron chi connectivity index (χ1n) is 11.0. The van der Waals surface area contributed by atoms with Crippen molar-refractivity contribution in [3.05, 3.63) is 51.8 Å². The van der Waals surface area contributed by atoms with Gasteiger partial charge in [-0.15, -0.1) is 13.2 Å². The molecule has 9 nitrogen and oxygen atoms in total. The summed E-state index contributed by atoms with van der Waals surface area (Å²) in [6.07, 6.45) is -3.42. The van der Waals surface area contributed by atoms with Gasteiger partial charge in [0, 0.05) is 11.6 Å². The summed E-state index contributed by atoms with van der Waals surface area (Å²) >= 11 is 0. The predicted molar refractivity (Wildman–Crippen MR) is 117 cm³/mol. The van der Waals surface area contributed by atoms with E-state index in [9.17, 15) is 32.1 Å². The minimum Gasteiger partial charge on any atom is -0.405 e. The number of nitrogens with zero attached hydrogens (tertiary/aromatic N) is 2. The minimum atomic E-state index is -4.87. The molecule has 1 atom stereocenters. The van der Waals surface area contributed by atoms with E-state index in [-0.39, 0.29) is 48.7 Å². The summed E-state index contributed by atoms with van der Waals surface area (Å²) in [4.78, 5) is 15.2. The number of hydrogen-bond donors (Lipinski definition) is 4. The number of nitrogens with one attached hydrogen (secondary N) is 3. The van der Waals surface area contributed by atoms with E-state index < -0.39 is 29.1 Å². The molecule has 0 amide bonds. The molecule has 1 aromatic carbocycles. The number of ether oxygens (including phenoxy) is 1. The fourth-order valence-electron chi connectivity index (χ4n) is 4.34. The van der Waals surface area contributed by atoms with E-state index >= 15 is 0 Å². The van der Waals surface area contributed by atoms with Crippen molar-refractivity contribution < 1.29 is 31.6 Å². The number of nitrogens with two attached hydrogens (primary N) is 1. The second-order valence-electron chi connectivity index (χ2n) is 8.57. The third-order valence-electron chi connectivity index (χ3n) is 5.96. The topological polar surface area (TPSA) is 127 Å². The Labute approximate surface area is 198 Å². The molecule has 194 valence electrons. The highest BCUT2D eigenvalue weighted by atomic mass is 19.4. The van der Waals surface area contributed by atoms with Gasteiger partial charge in [-0.3, -0.25) is 15.8 Å². The van der Waals surface area contributed by atoms with Crippen LogP contribution in [0.4, 0.5) is 22.0 Å². The zero-order valence-corrected chi connectivity index (χ0v) is 18.7. The normalized spacial score (nSPS) is 26.1. The lowest BCUT2D eigenvalue weighted by molar-refractivity contribution is -0.437. The third-order valence-corrected chi connectivity index (χ3v) is 5.96.